The Morgan fingerprint density at radius 2 is 1.82 bits per heavy atom. The van der Waals surface area contributed by atoms with Crippen LogP contribution in [0.3, 0.4) is 0 Å². The van der Waals surface area contributed by atoms with Crippen molar-refractivity contribution in [3.8, 4) is 0 Å². The highest BCUT2D eigenvalue weighted by molar-refractivity contribution is 6.07. The van der Waals surface area contributed by atoms with Gasteiger partial charge in [-0.25, -0.2) is 0 Å². The topological polar surface area (TPSA) is 109 Å². The summed E-state index contributed by atoms with van der Waals surface area (Å²) >= 11 is 0. The summed E-state index contributed by atoms with van der Waals surface area (Å²) in [6.45, 7) is 3.31. The highest BCUT2D eigenvalue weighted by Gasteiger charge is 2.31. The molecule has 1 aliphatic rings. The lowest BCUT2D eigenvalue weighted by molar-refractivity contribution is -0.137. The van der Waals surface area contributed by atoms with Gasteiger partial charge in [-0.2, -0.15) is 18.3 Å². The summed E-state index contributed by atoms with van der Waals surface area (Å²) < 4.78 is 49.7. The molecule has 178 valence electrons. The third kappa shape index (κ3) is 4.68. The van der Waals surface area contributed by atoms with Crippen molar-refractivity contribution >= 4 is 23.2 Å². The largest absolute Gasteiger partial charge is 0.469 e. The van der Waals surface area contributed by atoms with E-state index in [1.807, 2.05) is 0 Å². The molecule has 0 saturated heterocycles. The molecule has 3 aromatic rings. The van der Waals surface area contributed by atoms with Crippen LogP contribution in [0.25, 0.3) is 0 Å². The monoisotopic (exact) mass is 474 g/mol. The summed E-state index contributed by atoms with van der Waals surface area (Å²) in [6, 6.07) is 6.21. The lowest BCUT2D eigenvalue weighted by Crippen LogP contribution is -2.41. The Morgan fingerprint density at radius 3 is 2.53 bits per heavy atom. The normalized spacial score (nSPS) is 14.6. The average molecular weight is 474 g/mol. The fraction of sp³-hybridized carbons (Fsp3) is 0.261. The van der Waals surface area contributed by atoms with Gasteiger partial charge < -0.3 is 8.83 Å². The minimum atomic E-state index is -4.46. The molecule has 1 aliphatic carbocycles. The molecule has 0 fully saturated rings. The molecule has 0 atom stereocenters. The molecule has 1 aromatic carbocycles. The number of aryl methyl sites for hydroxylation is 2. The standard InChI is InChI=1S/C23H21F3N4O4/c1-12-19-17(28-27-15-6-3-5-14(11-15)23(24,25)26)7-4-8-18(19)34-20(12)22(32)30-29-21(31)16-9-10-33-13(16)2/h3,5-6,9-11,27H,4,7-8H2,1-2H3,(H,29,31)(H,30,32)/b28-17+. The summed E-state index contributed by atoms with van der Waals surface area (Å²) in [4.78, 5) is 24.8. The number of carbonyl (C=O) groups excluding carboxylic acids is 2. The number of hydrogen-bond donors (Lipinski definition) is 3. The molecular weight excluding hydrogens is 453 g/mol. The Hall–Kier alpha value is -4.02. The van der Waals surface area contributed by atoms with Gasteiger partial charge in [-0.1, -0.05) is 6.07 Å². The Kier molecular flexibility index (Phi) is 6.18. The molecule has 0 radical (unpaired) electrons. The van der Waals surface area contributed by atoms with Crippen molar-refractivity contribution in [2.24, 2.45) is 5.10 Å². The van der Waals surface area contributed by atoms with Gasteiger partial charge in [0.15, 0.2) is 5.76 Å². The Labute approximate surface area is 192 Å². The number of nitrogens with zero attached hydrogens (tertiary/aromatic N) is 1. The molecule has 8 nitrogen and oxygen atoms in total. The van der Waals surface area contributed by atoms with Crippen molar-refractivity contribution in [2.75, 3.05) is 5.43 Å². The molecule has 2 aromatic heterocycles. The molecule has 11 heteroatoms. The molecule has 0 saturated carbocycles. The molecular formula is C23H21F3N4O4. The van der Waals surface area contributed by atoms with E-state index >= 15 is 0 Å². The molecule has 0 spiro atoms. The number of nitrogens with one attached hydrogen (secondary N) is 3. The summed E-state index contributed by atoms with van der Waals surface area (Å²) in [5.41, 5.74) is 8.71. The SMILES string of the molecule is Cc1occc1C(=O)NNC(=O)c1oc2c(c1C)/C(=N/Nc1cccc(C(F)(F)F)c1)CCC2. The van der Waals surface area contributed by atoms with Gasteiger partial charge in [0.25, 0.3) is 5.91 Å². The van der Waals surface area contributed by atoms with E-state index in [1.165, 1.54) is 24.5 Å². The van der Waals surface area contributed by atoms with Gasteiger partial charge in [0, 0.05) is 17.5 Å². The van der Waals surface area contributed by atoms with Crippen LogP contribution in [0.1, 0.15) is 62.0 Å². The minimum absolute atomic E-state index is 0.0166. The summed E-state index contributed by atoms with van der Waals surface area (Å²) in [5.74, 6) is -0.211. The van der Waals surface area contributed by atoms with E-state index in [4.69, 9.17) is 8.83 Å². The fourth-order valence-electron chi connectivity index (χ4n) is 3.75. The van der Waals surface area contributed by atoms with Gasteiger partial charge in [0.1, 0.15) is 11.5 Å². The van der Waals surface area contributed by atoms with Crippen molar-refractivity contribution in [1.82, 2.24) is 10.9 Å². The number of halogens is 3. The van der Waals surface area contributed by atoms with Gasteiger partial charge in [-0.3, -0.25) is 25.9 Å². The van der Waals surface area contributed by atoms with Crippen LogP contribution in [0, 0.1) is 13.8 Å². The third-order valence-electron chi connectivity index (χ3n) is 5.43. The molecule has 4 rings (SSSR count). The lowest BCUT2D eigenvalue weighted by atomic mass is 9.93. The van der Waals surface area contributed by atoms with Crippen molar-refractivity contribution < 1.29 is 31.6 Å². The van der Waals surface area contributed by atoms with E-state index in [9.17, 15) is 22.8 Å². The second kappa shape index (κ2) is 9.08. The molecule has 3 N–H and O–H groups in total. The van der Waals surface area contributed by atoms with Crippen LogP contribution in [-0.2, 0) is 12.6 Å². The van der Waals surface area contributed by atoms with Crippen LogP contribution < -0.4 is 16.3 Å². The van der Waals surface area contributed by atoms with Gasteiger partial charge >= 0.3 is 12.1 Å². The molecule has 0 bridgehead atoms. The average Bonchev–Trinajstić information content (AvgIpc) is 3.39. The number of benzene rings is 1. The second-order valence-electron chi connectivity index (χ2n) is 7.76. The maximum absolute atomic E-state index is 13.0. The first kappa shape index (κ1) is 23.1. The number of amides is 2. The Morgan fingerprint density at radius 1 is 1.06 bits per heavy atom. The number of rotatable bonds is 4. The molecule has 0 aliphatic heterocycles. The quantitative estimate of drug-likeness (QED) is 0.474. The molecule has 2 heterocycles. The lowest BCUT2D eigenvalue weighted by Gasteiger charge is -2.14. The van der Waals surface area contributed by atoms with Gasteiger partial charge in [0.05, 0.1) is 28.8 Å². The van der Waals surface area contributed by atoms with Crippen molar-refractivity contribution in [1.29, 1.82) is 0 Å². The van der Waals surface area contributed by atoms with Gasteiger partial charge in [-0.15, -0.1) is 0 Å². The van der Waals surface area contributed by atoms with E-state index in [0.717, 1.165) is 12.1 Å². The number of hydrogen-bond acceptors (Lipinski definition) is 6. The predicted molar refractivity (Wildman–Crippen MR) is 116 cm³/mol. The molecule has 0 unspecified atom stereocenters. The van der Waals surface area contributed by atoms with Crippen LogP contribution >= 0.6 is 0 Å². The summed E-state index contributed by atoms with van der Waals surface area (Å²) in [5, 5.41) is 4.30. The number of hydrazine groups is 1. The maximum atomic E-state index is 13.0. The number of anilines is 1. The zero-order valence-electron chi connectivity index (χ0n) is 18.3. The fourth-order valence-corrected chi connectivity index (χ4v) is 3.75. The smallest absolute Gasteiger partial charge is 0.416 e. The summed E-state index contributed by atoms with van der Waals surface area (Å²) in [6.07, 6.45) is -1.27. The van der Waals surface area contributed by atoms with E-state index < -0.39 is 23.6 Å². The van der Waals surface area contributed by atoms with Crippen molar-refractivity contribution in [3.63, 3.8) is 0 Å². The zero-order valence-corrected chi connectivity index (χ0v) is 18.3. The Bertz CT molecular complexity index is 1270. The zero-order chi connectivity index (χ0) is 24.5. The predicted octanol–water partition coefficient (Wildman–Crippen LogP) is 4.74. The Balaban J connectivity index is 1.51. The maximum Gasteiger partial charge on any atom is 0.416 e. The second-order valence-corrected chi connectivity index (χ2v) is 7.76. The highest BCUT2D eigenvalue weighted by atomic mass is 19.4. The van der Waals surface area contributed by atoms with E-state index in [2.05, 4.69) is 21.4 Å². The first-order valence-electron chi connectivity index (χ1n) is 10.4. The molecule has 34 heavy (non-hydrogen) atoms. The van der Waals surface area contributed by atoms with Crippen LogP contribution in [0.5, 0.6) is 0 Å². The first-order valence-corrected chi connectivity index (χ1v) is 10.4. The molecule has 2 amide bonds. The highest BCUT2D eigenvalue weighted by Crippen LogP contribution is 2.32. The van der Waals surface area contributed by atoms with Crippen LogP contribution in [0.15, 0.2) is 50.5 Å². The summed E-state index contributed by atoms with van der Waals surface area (Å²) in [7, 11) is 0. The van der Waals surface area contributed by atoms with E-state index in [1.54, 1.807) is 13.8 Å². The first-order chi connectivity index (χ1) is 16.1. The number of alkyl halides is 3. The van der Waals surface area contributed by atoms with Crippen LogP contribution in [0.2, 0.25) is 0 Å². The van der Waals surface area contributed by atoms with E-state index in [0.29, 0.717) is 47.6 Å². The van der Waals surface area contributed by atoms with Crippen molar-refractivity contribution in [3.05, 3.63) is 76.1 Å². The van der Waals surface area contributed by atoms with Crippen LogP contribution in [-0.4, -0.2) is 17.5 Å². The van der Waals surface area contributed by atoms with Crippen molar-refractivity contribution in [2.45, 2.75) is 39.3 Å². The van der Waals surface area contributed by atoms with Gasteiger partial charge in [0.2, 0.25) is 0 Å². The number of furan rings is 2. The van der Waals surface area contributed by atoms with Crippen LogP contribution in [0.4, 0.5) is 18.9 Å². The van der Waals surface area contributed by atoms with Gasteiger partial charge in [-0.05, 0) is 51.0 Å². The van der Waals surface area contributed by atoms with E-state index in [-0.39, 0.29) is 17.0 Å². The number of carbonyl (C=O) groups is 2. The number of hydrazone groups is 1. The third-order valence-corrected chi connectivity index (χ3v) is 5.43. The number of fused-ring (bicyclic) bond motifs is 1. The minimum Gasteiger partial charge on any atom is -0.469 e.